The minimum absolute atomic E-state index is 0.0616. The molecular weight excluding hydrogens is 488 g/mol. The van der Waals surface area contributed by atoms with E-state index in [1.807, 2.05) is 0 Å². The maximum absolute atomic E-state index is 14.7. The molecule has 184 valence electrons. The Balaban J connectivity index is 1.52. The van der Waals surface area contributed by atoms with Crippen molar-refractivity contribution in [3.63, 3.8) is 0 Å². The molecule has 4 aromatic rings. The Morgan fingerprint density at radius 1 is 0.500 bits per heavy atom. The maximum Gasteiger partial charge on any atom is 0.306 e. The highest BCUT2D eigenvalue weighted by atomic mass is 19.3. The third-order valence-corrected chi connectivity index (χ3v) is 5.70. The van der Waals surface area contributed by atoms with Gasteiger partial charge >= 0.3 is 6.08 Å². The Hall–Kier alpha value is -3.94. The molecule has 36 heavy (non-hydrogen) atoms. The van der Waals surface area contributed by atoms with Crippen LogP contribution in [0.2, 0.25) is 0 Å². The molecule has 4 aromatic carbocycles. The van der Waals surface area contributed by atoms with E-state index in [1.165, 1.54) is 24.3 Å². The first-order valence-electron chi connectivity index (χ1n) is 10.7. The number of halogens is 8. The van der Waals surface area contributed by atoms with E-state index in [1.54, 1.807) is 24.3 Å². The van der Waals surface area contributed by atoms with Crippen LogP contribution in [0.15, 0.2) is 78.9 Å². The van der Waals surface area contributed by atoms with E-state index >= 15 is 0 Å². The molecule has 0 amide bonds. The van der Waals surface area contributed by atoms with Crippen LogP contribution in [0.4, 0.5) is 35.1 Å². The van der Waals surface area contributed by atoms with Crippen molar-refractivity contribution >= 4 is 5.83 Å². The molecule has 0 unspecified atom stereocenters. The first-order valence-corrected chi connectivity index (χ1v) is 10.7. The van der Waals surface area contributed by atoms with Gasteiger partial charge in [-0.2, -0.15) is 8.78 Å². The summed E-state index contributed by atoms with van der Waals surface area (Å²) in [6, 6.07) is 15.8. The molecule has 8 heteroatoms. The van der Waals surface area contributed by atoms with Gasteiger partial charge in [0.05, 0.1) is 0 Å². The molecule has 0 saturated carbocycles. The molecule has 0 N–H and O–H groups in total. The second-order valence-corrected chi connectivity index (χ2v) is 8.02. The van der Waals surface area contributed by atoms with E-state index in [2.05, 4.69) is 0 Å². The van der Waals surface area contributed by atoms with Crippen molar-refractivity contribution in [1.29, 1.82) is 0 Å². The van der Waals surface area contributed by atoms with Gasteiger partial charge in [-0.25, -0.2) is 26.3 Å². The Bertz CT molecular complexity index is 1390. The molecule has 0 spiro atoms. The molecule has 0 fully saturated rings. The summed E-state index contributed by atoms with van der Waals surface area (Å²) in [7, 11) is 0. The molecule has 0 bridgehead atoms. The zero-order valence-corrected chi connectivity index (χ0v) is 18.4. The molecule has 0 aliphatic rings. The predicted molar refractivity (Wildman–Crippen MR) is 121 cm³/mol. The monoisotopic (exact) mass is 504 g/mol. The zero-order chi connectivity index (χ0) is 26.0. The molecular formula is C28H16F8. The van der Waals surface area contributed by atoms with E-state index in [0.717, 1.165) is 24.3 Å². The fourth-order valence-electron chi connectivity index (χ4n) is 3.80. The van der Waals surface area contributed by atoms with Gasteiger partial charge in [-0.3, -0.25) is 0 Å². The van der Waals surface area contributed by atoms with Gasteiger partial charge in [0.15, 0.2) is 23.3 Å². The van der Waals surface area contributed by atoms with Gasteiger partial charge < -0.3 is 0 Å². The van der Waals surface area contributed by atoms with Crippen molar-refractivity contribution < 1.29 is 35.1 Å². The second-order valence-electron chi connectivity index (χ2n) is 8.02. The quantitative estimate of drug-likeness (QED) is 0.182. The van der Waals surface area contributed by atoms with Crippen molar-refractivity contribution in [1.82, 2.24) is 0 Å². The Kier molecular flexibility index (Phi) is 7.24. The summed E-state index contributed by atoms with van der Waals surface area (Å²) in [4.78, 5) is 0. The summed E-state index contributed by atoms with van der Waals surface area (Å²) >= 11 is 0. The molecule has 0 aliphatic carbocycles. The fraction of sp³-hybridized carbons (Fsp3) is 0.0714. The normalized spacial score (nSPS) is 11.0. The van der Waals surface area contributed by atoms with Crippen LogP contribution in [0.5, 0.6) is 0 Å². The van der Waals surface area contributed by atoms with Gasteiger partial charge in [-0.15, -0.1) is 0 Å². The molecule has 0 saturated heterocycles. The SMILES string of the molecule is FC(F)=C(F)c1ccc(-c2ccc(-c3cc(F)c(CCc4cc(F)c(F)c(F)c4)c(F)c3)cc2)cc1. The van der Waals surface area contributed by atoms with E-state index in [-0.39, 0.29) is 35.1 Å². The average Bonchev–Trinajstić information content (AvgIpc) is 2.86. The molecule has 0 aromatic heterocycles. The van der Waals surface area contributed by atoms with Crippen LogP contribution < -0.4 is 0 Å². The first kappa shape index (κ1) is 25.2. The van der Waals surface area contributed by atoms with E-state index in [4.69, 9.17) is 0 Å². The molecule has 0 aliphatic heterocycles. The lowest BCUT2D eigenvalue weighted by atomic mass is 9.97. The first-order chi connectivity index (χ1) is 17.1. The summed E-state index contributed by atoms with van der Waals surface area (Å²) in [5, 5.41) is 0. The van der Waals surface area contributed by atoms with Crippen LogP contribution in [-0.2, 0) is 12.8 Å². The lowest BCUT2D eigenvalue weighted by Gasteiger charge is -2.10. The molecule has 0 atom stereocenters. The van der Waals surface area contributed by atoms with Crippen LogP contribution in [-0.4, -0.2) is 0 Å². The lowest BCUT2D eigenvalue weighted by molar-refractivity contribution is 0.410. The highest BCUT2D eigenvalue weighted by Gasteiger charge is 2.15. The smallest absolute Gasteiger partial charge is 0.207 e. The Labute approximate surface area is 201 Å². The van der Waals surface area contributed by atoms with Crippen molar-refractivity contribution in [3.05, 3.63) is 125 Å². The third-order valence-electron chi connectivity index (χ3n) is 5.70. The highest BCUT2D eigenvalue weighted by Crippen LogP contribution is 2.30. The number of hydrogen-bond acceptors (Lipinski definition) is 0. The number of aryl methyl sites for hydroxylation is 1. The van der Waals surface area contributed by atoms with Crippen molar-refractivity contribution in [2.45, 2.75) is 12.8 Å². The van der Waals surface area contributed by atoms with Crippen LogP contribution in [0.1, 0.15) is 16.7 Å². The molecule has 0 radical (unpaired) electrons. The van der Waals surface area contributed by atoms with Gasteiger partial charge in [0.25, 0.3) is 0 Å². The van der Waals surface area contributed by atoms with Gasteiger partial charge in [0, 0.05) is 11.1 Å². The van der Waals surface area contributed by atoms with Crippen LogP contribution in [0.25, 0.3) is 28.1 Å². The number of hydrogen-bond donors (Lipinski definition) is 0. The minimum Gasteiger partial charge on any atom is -0.207 e. The van der Waals surface area contributed by atoms with E-state index < -0.39 is 41.0 Å². The summed E-state index contributed by atoms with van der Waals surface area (Å²) in [5.74, 6) is -7.65. The average molecular weight is 504 g/mol. The molecule has 0 nitrogen and oxygen atoms in total. The summed E-state index contributed by atoms with van der Waals surface area (Å²) in [6.07, 6.45) is -2.71. The minimum atomic E-state index is -2.41. The van der Waals surface area contributed by atoms with Gasteiger partial charge in [-0.1, -0.05) is 48.5 Å². The maximum atomic E-state index is 14.7. The van der Waals surface area contributed by atoms with Gasteiger partial charge in [-0.05, 0) is 64.9 Å². The van der Waals surface area contributed by atoms with Crippen molar-refractivity contribution in [3.8, 4) is 22.3 Å². The highest BCUT2D eigenvalue weighted by molar-refractivity contribution is 5.72. The largest absolute Gasteiger partial charge is 0.306 e. The molecule has 0 heterocycles. The predicted octanol–water partition coefficient (Wildman–Crippen LogP) is 9.04. The van der Waals surface area contributed by atoms with Crippen molar-refractivity contribution in [2.75, 3.05) is 0 Å². The zero-order valence-electron chi connectivity index (χ0n) is 18.4. The van der Waals surface area contributed by atoms with Gasteiger partial charge in [0.1, 0.15) is 11.6 Å². The summed E-state index contributed by atoms with van der Waals surface area (Å²) < 4.78 is 107. The third kappa shape index (κ3) is 5.32. The Morgan fingerprint density at radius 2 is 0.944 bits per heavy atom. The fourth-order valence-corrected chi connectivity index (χ4v) is 3.80. The van der Waals surface area contributed by atoms with Gasteiger partial charge in [0.2, 0.25) is 0 Å². The summed E-state index contributed by atoms with van der Waals surface area (Å²) in [5.41, 5.74) is 1.58. The Morgan fingerprint density at radius 3 is 1.42 bits per heavy atom. The number of rotatable bonds is 6. The van der Waals surface area contributed by atoms with E-state index in [9.17, 15) is 35.1 Å². The number of benzene rings is 4. The van der Waals surface area contributed by atoms with Crippen LogP contribution in [0, 0.1) is 29.1 Å². The molecule has 4 rings (SSSR count). The second kappa shape index (κ2) is 10.4. The van der Waals surface area contributed by atoms with Crippen LogP contribution in [0.3, 0.4) is 0 Å². The van der Waals surface area contributed by atoms with Crippen molar-refractivity contribution in [2.24, 2.45) is 0 Å². The summed E-state index contributed by atoms with van der Waals surface area (Å²) in [6.45, 7) is 0. The van der Waals surface area contributed by atoms with E-state index in [0.29, 0.717) is 16.7 Å². The standard InChI is InChI=1S/C28H16F8/c29-22-13-20(14-23(30)21(22)10-1-15-11-24(31)27(34)25(32)12-15)18-4-2-16(3-5-18)17-6-8-19(9-7-17)26(33)28(35)36/h2-9,11-14H,1,10H2. The lowest BCUT2D eigenvalue weighted by Crippen LogP contribution is -2.02. The van der Waals surface area contributed by atoms with Crippen LogP contribution >= 0.6 is 0 Å². The topological polar surface area (TPSA) is 0 Å².